The van der Waals surface area contributed by atoms with Crippen LogP contribution in [0.5, 0.6) is 5.75 Å². The van der Waals surface area contributed by atoms with E-state index in [0.29, 0.717) is 17.4 Å². The van der Waals surface area contributed by atoms with Gasteiger partial charge in [0.1, 0.15) is 23.9 Å². The largest absolute Gasteiger partial charge is 0.489 e. The molecule has 0 unspecified atom stereocenters. The van der Waals surface area contributed by atoms with Crippen molar-refractivity contribution in [2.75, 3.05) is 18.9 Å². The molecule has 0 aliphatic carbocycles. The third kappa shape index (κ3) is 8.04. The van der Waals surface area contributed by atoms with Crippen molar-refractivity contribution in [1.82, 2.24) is 19.6 Å². The lowest BCUT2D eigenvalue weighted by Gasteiger charge is -2.50. The number of carboxylic acid groups (broad SMARTS) is 1. The van der Waals surface area contributed by atoms with Crippen LogP contribution in [-0.4, -0.2) is 85.8 Å². The van der Waals surface area contributed by atoms with E-state index in [-0.39, 0.29) is 10.8 Å². The Morgan fingerprint density at radius 3 is 2.48 bits per heavy atom. The van der Waals surface area contributed by atoms with E-state index >= 15 is 0 Å². The summed E-state index contributed by atoms with van der Waals surface area (Å²) in [6, 6.07) is 6.83. The molecule has 1 fully saturated rings. The molecule has 17 nitrogen and oxygen atoms in total. The number of carbonyl (C=O) groups is 3. The van der Waals surface area contributed by atoms with E-state index in [0.717, 1.165) is 41.4 Å². The molecule has 1 aliphatic rings. The van der Waals surface area contributed by atoms with Gasteiger partial charge in [-0.1, -0.05) is 5.16 Å². The van der Waals surface area contributed by atoms with Crippen LogP contribution < -0.4 is 16.2 Å². The van der Waals surface area contributed by atoms with E-state index in [1.54, 1.807) is 24.3 Å². The highest BCUT2D eigenvalue weighted by molar-refractivity contribution is 7.80. The number of thiazole rings is 1. The number of anilines is 1. The van der Waals surface area contributed by atoms with Crippen LogP contribution in [0.25, 0.3) is 11.3 Å². The summed E-state index contributed by atoms with van der Waals surface area (Å²) in [5.74, 6) is -2.98. The number of aryl methyl sites for hydroxylation is 2. The average Bonchev–Trinajstić information content (AvgIpc) is 3.59. The summed E-state index contributed by atoms with van der Waals surface area (Å²) in [6.45, 7) is 5.58. The fourth-order valence-electron chi connectivity index (χ4n) is 4.58. The third-order valence-electron chi connectivity index (χ3n) is 7.14. The first-order valence-corrected chi connectivity index (χ1v) is 16.0. The first kappa shape index (κ1) is 34.4. The number of aromatic nitrogens is 3. The van der Waals surface area contributed by atoms with Crippen LogP contribution in [0.15, 0.2) is 41.0 Å². The minimum atomic E-state index is -4.99. The lowest BCUT2D eigenvalue weighted by Crippen LogP contribution is -2.68. The summed E-state index contributed by atoms with van der Waals surface area (Å²) in [4.78, 5) is 51.6. The van der Waals surface area contributed by atoms with E-state index in [9.17, 15) is 27.9 Å². The Kier molecular flexibility index (Phi) is 10.4. The van der Waals surface area contributed by atoms with Crippen molar-refractivity contribution in [3.63, 3.8) is 0 Å². The molecule has 2 aromatic heterocycles. The van der Waals surface area contributed by atoms with Gasteiger partial charge in [0.25, 0.3) is 12.0 Å². The Hall–Kier alpha value is -4.43. The highest BCUT2D eigenvalue weighted by Crippen LogP contribution is 2.40. The third-order valence-corrected chi connectivity index (χ3v) is 8.15. The number of β-lactam (4-membered cyclic amide) rings is 1. The van der Waals surface area contributed by atoms with Gasteiger partial charge in [0.2, 0.25) is 0 Å². The van der Waals surface area contributed by atoms with Crippen LogP contribution in [0.3, 0.4) is 0 Å². The first-order chi connectivity index (χ1) is 21.6. The molecule has 1 amide bonds. The Morgan fingerprint density at radius 2 is 1.91 bits per heavy atom. The van der Waals surface area contributed by atoms with Gasteiger partial charge in [-0.25, -0.2) is 14.8 Å². The second-order valence-electron chi connectivity index (χ2n) is 10.8. The quantitative estimate of drug-likeness (QED) is 0.0723. The number of carboxylic acids is 1. The molecule has 0 saturated carbocycles. The molecule has 1 aliphatic heterocycles. The van der Waals surface area contributed by atoms with Crippen molar-refractivity contribution in [1.29, 1.82) is 0 Å². The van der Waals surface area contributed by atoms with Crippen LogP contribution in [0.1, 0.15) is 38.2 Å². The van der Waals surface area contributed by atoms with Crippen molar-refractivity contribution < 1.29 is 46.3 Å². The lowest BCUT2D eigenvalue weighted by atomic mass is 9.74. The van der Waals surface area contributed by atoms with E-state index in [2.05, 4.69) is 19.4 Å². The molecule has 19 heteroatoms. The SMILES string of the molecule is Cc1nc(-c2ccc(OC[C@H](O/N=C(\C(=O)C[C@@H]3C(=O)N(OS(=O)(=O)O)C3(C)C)c3csc(N)n3)C(=O)O)cc2)cn1CCCN. The number of hydrogen-bond donors (Lipinski definition) is 4. The van der Waals surface area contributed by atoms with Crippen LogP contribution in [0, 0.1) is 12.8 Å². The number of nitrogens with zero attached hydrogens (tertiary/aromatic N) is 5. The molecular formula is C27H33N7O10S2. The van der Waals surface area contributed by atoms with Gasteiger partial charge in [-0.3, -0.25) is 14.1 Å². The molecule has 0 radical (unpaired) electrons. The van der Waals surface area contributed by atoms with Crippen LogP contribution >= 0.6 is 11.3 Å². The standard InChI is InChI=1S/C27H33N7O10S2/c1-15-30-19(12-33(15)10-4-9-28)16-5-7-17(8-6-16)42-13-22(25(37)38)43-32-23(20-14-45-26(29)31-20)21(35)11-18-24(36)34(27(18,2)3)44-46(39,40)41/h5-8,12,14,18,22H,4,9-11,13,28H2,1-3H3,(H2,29,31)(H,37,38)(H,39,40,41)/b32-23-/t18-,22+/m1/s1. The lowest BCUT2D eigenvalue weighted by molar-refractivity contribution is -0.228. The van der Waals surface area contributed by atoms with Gasteiger partial charge in [-0.2, -0.15) is 13.5 Å². The number of carbonyl (C=O) groups excluding carboxylic acids is 2. The van der Waals surface area contributed by atoms with Crippen molar-refractivity contribution in [2.45, 2.75) is 51.8 Å². The molecule has 1 aromatic carbocycles. The number of nitrogens with two attached hydrogens (primary N) is 2. The number of imidazole rings is 1. The van der Waals surface area contributed by atoms with Crippen molar-refractivity contribution in [3.8, 4) is 17.0 Å². The fourth-order valence-corrected chi connectivity index (χ4v) is 5.58. The summed E-state index contributed by atoms with van der Waals surface area (Å²) in [5.41, 5.74) is 11.1. The first-order valence-electron chi connectivity index (χ1n) is 13.8. The Balaban J connectivity index is 1.44. The molecule has 0 bridgehead atoms. The maximum absolute atomic E-state index is 13.3. The van der Waals surface area contributed by atoms with Gasteiger partial charge in [0.15, 0.2) is 16.6 Å². The van der Waals surface area contributed by atoms with Gasteiger partial charge in [0.05, 0.1) is 17.2 Å². The predicted octanol–water partition coefficient (Wildman–Crippen LogP) is 1.43. The number of Topliss-reactive ketones (excluding diaryl/α,β-unsaturated/α-hetero) is 1. The van der Waals surface area contributed by atoms with E-state index in [4.69, 9.17) is 25.6 Å². The number of rotatable bonds is 16. The second kappa shape index (κ2) is 13.9. The molecular weight excluding hydrogens is 646 g/mol. The average molecular weight is 680 g/mol. The molecule has 46 heavy (non-hydrogen) atoms. The second-order valence-corrected chi connectivity index (χ2v) is 12.7. The summed E-state index contributed by atoms with van der Waals surface area (Å²) in [5, 5.41) is 15.4. The number of nitrogen functional groups attached to an aromatic ring is 1. The Labute approximate surface area is 267 Å². The number of hydroxylamine groups is 2. The van der Waals surface area contributed by atoms with Gasteiger partial charge < -0.3 is 30.7 Å². The normalized spacial score (nSPS) is 17.0. The number of ketones is 1. The number of hydrogen-bond acceptors (Lipinski definition) is 14. The Morgan fingerprint density at radius 1 is 1.22 bits per heavy atom. The molecule has 3 aromatic rings. The van der Waals surface area contributed by atoms with Crippen molar-refractivity contribution in [3.05, 3.63) is 47.4 Å². The van der Waals surface area contributed by atoms with Crippen LogP contribution in [0.4, 0.5) is 5.13 Å². The smallest absolute Gasteiger partial charge is 0.418 e. The topological polar surface area (TPSA) is 252 Å². The van der Waals surface area contributed by atoms with Crippen LogP contribution in [0.2, 0.25) is 0 Å². The maximum atomic E-state index is 13.3. The van der Waals surface area contributed by atoms with Gasteiger partial charge in [-0.15, -0.1) is 15.6 Å². The van der Waals surface area contributed by atoms with Gasteiger partial charge in [0, 0.05) is 30.1 Å². The minimum absolute atomic E-state index is 0.0236. The number of aliphatic carboxylic acids is 1. The molecule has 4 rings (SSSR count). The number of oxime groups is 1. The highest BCUT2D eigenvalue weighted by Gasteiger charge is 2.57. The van der Waals surface area contributed by atoms with Crippen LogP contribution in [-0.2, 0) is 40.4 Å². The maximum Gasteiger partial charge on any atom is 0.418 e. The van der Waals surface area contributed by atoms with Gasteiger partial charge >= 0.3 is 16.4 Å². The summed E-state index contributed by atoms with van der Waals surface area (Å²) in [7, 11) is -4.99. The van der Waals surface area contributed by atoms with Crippen molar-refractivity contribution >= 4 is 50.2 Å². The number of ether oxygens (including phenoxy) is 1. The van der Waals surface area contributed by atoms with Gasteiger partial charge in [-0.05, 0) is 58.0 Å². The minimum Gasteiger partial charge on any atom is -0.489 e. The molecule has 0 spiro atoms. The molecule has 1 saturated heterocycles. The summed E-state index contributed by atoms with van der Waals surface area (Å²) in [6.07, 6.45) is 0.592. The van der Waals surface area contributed by atoms with E-state index in [1.165, 1.54) is 19.2 Å². The zero-order valence-electron chi connectivity index (χ0n) is 25.0. The Bertz CT molecular complexity index is 1730. The monoisotopic (exact) mass is 679 g/mol. The zero-order chi connectivity index (χ0) is 33.8. The van der Waals surface area contributed by atoms with E-state index < -0.39 is 64.4 Å². The molecule has 2 atom stereocenters. The molecule has 3 heterocycles. The van der Waals surface area contributed by atoms with Crippen molar-refractivity contribution in [2.24, 2.45) is 16.8 Å². The fraction of sp³-hybridized carbons (Fsp3) is 0.407. The zero-order valence-corrected chi connectivity index (χ0v) is 26.7. The summed E-state index contributed by atoms with van der Waals surface area (Å²) < 4.78 is 43.1. The number of benzene rings is 1. The van der Waals surface area contributed by atoms with E-state index in [1.807, 2.05) is 17.7 Å². The predicted molar refractivity (Wildman–Crippen MR) is 164 cm³/mol. The molecule has 248 valence electrons. The highest BCUT2D eigenvalue weighted by atomic mass is 32.3. The molecule has 6 N–H and O–H groups in total. The number of amides is 1. The summed E-state index contributed by atoms with van der Waals surface area (Å²) >= 11 is 0.985.